The standard InChI is InChI=1S/C24H26F28OSi2/c1-54(2,7-5-15(33,34)19(41,42)23(49,50)21(45,46)17(37,38)11(27)9(25)13(29)30)53-55(3,4)8-6-16(35,36)20(43,44)24(51,52)22(47,48)18(39,40)12(28)10(26)14(31)32/h9-14H,5-8H2,1-4H3/t9-,10+,11-,12-/m1/s1. The molecule has 0 heterocycles. The molecule has 0 aliphatic heterocycles. The fraction of sp³-hybridized carbons (Fsp3) is 1.00. The molecule has 31 heteroatoms. The van der Waals surface area contributed by atoms with Crippen molar-refractivity contribution in [3.63, 3.8) is 0 Å². The Kier molecular flexibility index (Phi) is 15.4. The number of rotatable bonds is 22. The second kappa shape index (κ2) is 15.9. The Balaban J connectivity index is 6.24. The van der Waals surface area contributed by atoms with Gasteiger partial charge in [0.25, 0.3) is 12.9 Å². The van der Waals surface area contributed by atoms with Crippen molar-refractivity contribution in [3.05, 3.63) is 0 Å². The topological polar surface area (TPSA) is 9.23 Å². The van der Waals surface area contributed by atoms with Crippen LogP contribution in [-0.4, -0.2) is 113 Å². The van der Waals surface area contributed by atoms with Gasteiger partial charge in [-0.2, -0.15) is 87.8 Å². The summed E-state index contributed by atoms with van der Waals surface area (Å²) in [5.74, 6) is -76.0. The van der Waals surface area contributed by atoms with E-state index in [1.54, 1.807) is 0 Å². The fourth-order valence-corrected chi connectivity index (χ4v) is 13.0. The van der Waals surface area contributed by atoms with Crippen LogP contribution in [0.2, 0.25) is 38.3 Å². The molecule has 55 heavy (non-hydrogen) atoms. The van der Waals surface area contributed by atoms with Gasteiger partial charge in [0.15, 0.2) is 29.0 Å². The molecule has 0 fully saturated rings. The molecule has 0 aromatic heterocycles. The van der Waals surface area contributed by atoms with Gasteiger partial charge in [-0.3, -0.25) is 0 Å². The molecule has 0 aliphatic carbocycles. The molecule has 0 saturated heterocycles. The van der Waals surface area contributed by atoms with E-state index in [1.807, 2.05) is 0 Å². The molecular weight excluding hydrogens is 892 g/mol. The Hall–Kier alpha value is -1.57. The summed E-state index contributed by atoms with van der Waals surface area (Å²) >= 11 is 0. The third kappa shape index (κ3) is 9.51. The minimum atomic E-state index is -8.10. The van der Waals surface area contributed by atoms with Gasteiger partial charge in [0, 0.05) is 12.8 Å². The smallest absolute Gasteiger partial charge is 0.384 e. The quantitative estimate of drug-likeness (QED) is 0.0777. The Morgan fingerprint density at radius 2 is 0.582 bits per heavy atom. The molecule has 332 valence electrons. The molecule has 0 radical (unpaired) electrons. The predicted octanol–water partition coefficient (Wildman–Crippen LogP) is 12.4. The van der Waals surface area contributed by atoms with E-state index in [0.29, 0.717) is 26.2 Å². The molecule has 0 spiro atoms. The molecule has 0 aromatic carbocycles. The van der Waals surface area contributed by atoms with Crippen LogP contribution in [0.15, 0.2) is 0 Å². The summed E-state index contributed by atoms with van der Waals surface area (Å²) in [5, 5.41) is 0. The minimum absolute atomic E-state index is 0.574. The first-order chi connectivity index (χ1) is 23.7. The fourth-order valence-electron chi connectivity index (χ4n) is 4.35. The molecule has 0 unspecified atom stereocenters. The lowest BCUT2D eigenvalue weighted by molar-refractivity contribution is -0.409. The summed E-state index contributed by atoms with van der Waals surface area (Å²) in [7, 11) is -8.89. The van der Waals surface area contributed by atoms with Gasteiger partial charge in [-0.25, -0.2) is 35.1 Å². The zero-order valence-corrected chi connectivity index (χ0v) is 29.3. The first-order valence-corrected chi connectivity index (χ1v) is 20.5. The molecule has 0 saturated carbocycles. The summed E-state index contributed by atoms with van der Waals surface area (Å²) < 4.78 is 387. The van der Waals surface area contributed by atoms with Crippen LogP contribution >= 0.6 is 0 Å². The van der Waals surface area contributed by atoms with E-state index < -0.39 is 138 Å². The molecule has 0 N–H and O–H groups in total. The van der Waals surface area contributed by atoms with Gasteiger partial charge in [-0.05, 0) is 38.3 Å². The number of hydrogen-bond acceptors (Lipinski definition) is 1. The number of hydrogen-bond donors (Lipinski definition) is 0. The molecule has 0 aliphatic rings. The maximum absolute atomic E-state index is 14.4. The Bertz CT molecular complexity index is 1170. The molecule has 0 bridgehead atoms. The maximum Gasteiger partial charge on any atom is 0.384 e. The van der Waals surface area contributed by atoms with Crippen LogP contribution in [0.5, 0.6) is 0 Å². The molecule has 4 atom stereocenters. The van der Waals surface area contributed by atoms with Gasteiger partial charge in [-0.15, -0.1) is 0 Å². The summed E-state index contributed by atoms with van der Waals surface area (Å²) in [6.07, 6.45) is -37.1. The van der Waals surface area contributed by atoms with E-state index in [-0.39, 0.29) is 0 Å². The lowest BCUT2D eigenvalue weighted by Crippen LogP contribution is -2.70. The van der Waals surface area contributed by atoms with Crippen molar-refractivity contribution < 1.29 is 127 Å². The zero-order valence-electron chi connectivity index (χ0n) is 27.3. The van der Waals surface area contributed by atoms with E-state index in [4.69, 9.17) is 4.12 Å². The van der Waals surface area contributed by atoms with Gasteiger partial charge >= 0.3 is 59.2 Å². The van der Waals surface area contributed by atoms with Crippen LogP contribution in [0.4, 0.5) is 123 Å². The predicted molar refractivity (Wildman–Crippen MR) is 136 cm³/mol. The number of halogens is 28. The average Bonchev–Trinajstić information content (AvgIpc) is 2.99. The lowest BCUT2D eigenvalue weighted by atomic mass is 9.90. The Morgan fingerprint density at radius 3 is 0.782 bits per heavy atom. The van der Waals surface area contributed by atoms with Crippen molar-refractivity contribution in [2.45, 2.75) is 148 Å². The van der Waals surface area contributed by atoms with E-state index in [0.717, 1.165) is 0 Å². The molecular formula is C24H26F28OSi2. The van der Waals surface area contributed by atoms with Crippen molar-refractivity contribution in [1.29, 1.82) is 0 Å². The first kappa shape index (κ1) is 53.4. The Morgan fingerprint density at radius 1 is 0.364 bits per heavy atom. The van der Waals surface area contributed by atoms with Gasteiger partial charge in [0.05, 0.1) is 0 Å². The average molecular weight is 919 g/mol. The summed E-state index contributed by atoms with van der Waals surface area (Å²) in [4.78, 5) is 0. The van der Waals surface area contributed by atoms with E-state index in [1.165, 1.54) is 0 Å². The molecule has 0 amide bonds. The van der Waals surface area contributed by atoms with Crippen LogP contribution in [0, 0.1) is 0 Å². The molecule has 0 rings (SSSR count). The second-order valence-corrected chi connectivity index (χ2v) is 21.9. The van der Waals surface area contributed by atoms with E-state index in [2.05, 4.69) is 0 Å². The first-order valence-electron chi connectivity index (χ1n) is 14.3. The van der Waals surface area contributed by atoms with Crippen molar-refractivity contribution in [3.8, 4) is 0 Å². The monoisotopic (exact) mass is 918 g/mol. The largest absolute Gasteiger partial charge is 0.455 e. The third-order valence-electron chi connectivity index (χ3n) is 7.70. The van der Waals surface area contributed by atoms with Crippen LogP contribution in [0.25, 0.3) is 0 Å². The van der Waals surface area contributed by atoms with Crippen molar-refractivity contribution in [2.75, 3.05) is 0 Å². The third-order valence-corrected chi connectivity index (χ3v) is 15.0. The number of alkyl halides is 28. The van der Waals surface area contributed by atoms with E-state index in [9.17, 15) is 123 Å². The highest BCUT2D eigenvalue weighted by Crippen LogP contribution is 2.61. The van der Waals surface area contributed by atoms with Crippen LogP contribution < -0.4 is 0 Å². The van der Waals surface area contributed by atoms with Crippen molar-refractivity contribution in [2.24, 2.45) is 0 Å². The summed E-state index contributed by atoms with van der Waals surface area (Å²) in [6, 6.07) is -3.53. The molecule has 1 nitrogen and oxygen atoms in total. The highest BCUT2D eigenvalue weighted by molar-refractivity contribution is 6.84. The normalized spacial score (nSPS) is 18.2. The lowest BCUT2D eigenvalue weighted by Gasteiger charge is -2.42. The summed E-state index contributed by atoms with van der Waals surface area (Å²) in [6.45, 7) is 2.30. The highest BCUT2D eigenvalue weighted by atomic mass is 28.4. The highest BCUT2D eigenvalue weighted by Gasteiger charge is 2.89. The second-order valence-electron chi connectivity index (χ2n) is 13.1. The van der Waals surface area contributed by atoms with E-state index >= 15 is 0 Å². The summed E-state index contributed by atoms with van der Waals surface area (Å²) in [5.41, 5.74) is 0. The van der Waals surface area contributed by atoms with Crippen LogP contribution in [-0.2, 0) is 4.12 Å². The Labute approximate surface area is 292 Å². The van der Waals surface area contributed by atoms with Gasteiger partial charge in [0.1, 0.15) is 0 Å². The maximum atomic E-state index is 14.4. The minimum Gasteiger partial charge on any atom is -0.455 e. The van der Waals surface area contributed by atoms with Crippen LogP contribution in [0.1, 0.15) is 12.8 Å². The van der Waals surface area contributed by atoms with Crippen LogP contribution in [0.3, 0.4) is 0 Å². The van der Waals surface area contributed by atoms with Crippen molar-refractivity contribution in [1.82, 2.24) is 0 Å². The van der Waals surface area contributed by atoms with Gasteiger partial charge < -0.3 is 4.12 Å². The molecule has 0 aromatic rings. The van der Waals surface area contributed by atoms with Gasteiger partial charge in [0.2, 0.25) is 12.3 Å². The van der Waals surface area contributed by atoms with Gasteiger partial charge in [-0.1, -0.05) is 0 Å². The SMILES string of the molecule is C[Si](C)(CCC(F)(F)C(F)(F)C(F)(F)C(F)(F)C(F)(F)[C@H](F)[C@H](F)C(F)F)O[Si](C)(C)CCC(F)(F)C(F)(F)C(F)(F)C(F)(F)C(F)(F)[C@H](F)[C@@H](F)C(F)F. The zero-order chi connectivity index (χ0) is 45.0. The van der Waals surface area contributed by atoms with Crippen molar-refractivity contribution >= 4 is 16.6 Å².